The number of pyridine rings is 1. The first kappa shape index (κ1) is 23.1. The van der Waals surface area contributed by atoms with Crippen LogP contribution < -0.4 is 10.6 Å². The Hall–Kier alpha value is -3.10. The fourth-order valence-corrected chi connectivity index (χ4v) is 4.31. The van der Waals surface area contributed by atoms with E-state index >= 15 is 0 Å². The number of imidazole rings is 1. The number of halogens is 1. The van der Waals surface area contributed by atoms with Crippen molar-refractivity contribution in [2.24, 2.45) is 0 Å². The molecule has 0 saturated heterocycles. The second-order valence-corrected chi connectivity index (χ2v) is 9.05. The van der Waals surface area contributed by atoms with Gasteiger partial charge in [0.15, 0.2) is 0 Å². The molecule has 0 unspecified atom stereocenters. The highest BCUT2D eigenvalue weighted by molar-refractivity contribution is 9.10. The molecule has 7 nitrogen and oxygen atoms in total. The van der Waals surface area contributed by atoms with Gasteiger partial charge in [0.1, 0.15) is 11.4 Å². The van der Waals surface area contributed by atoms with Crippen molar-refractivity contribution in [1.82, 2.24) is 14.5 Å². The molecule has 2 heterocycles. The van der Waals surface area contributed by atoms with E-state index in [9.17, 15) is 10.2 Å². The average Bonchev–Trinajstić information content (AvgIpc) is 3.10. The molecular weight excluding hydrogens is 482 g/mol. The van der Waals surface area contributed by atoms with Crippen molar-refractivity contribution in [2.75, 3.05) is 23.8 Å². The number of hydrogen-bond acceptors (Lipinski definition) is 6. The summed E-state index contributed by atoms with van der Waals surface area (Å²) >= 11 is 3.57. The molecule has 0 spiro atoms. The largest absolute Gasteiger partial charge is 0.506 e. The molecule has 0 radical (unpaired) electrons. The Kier molecular flexibility index (Phi) is 7.15. The molecule has 0 aliphatic rings. The first-order valence-electron chi connectivity index (χ1n) is 11.0. The van der Waals surface area contributed by atoms with Gasteiger partial charge in [-0.25, -0.2) is 4.98 Å². The van der Waals surface area contributed by atoms with Crippen molar-refractivity contribution in [2.45, 2.75) is 32.9 Å². The zero-order valence-electron chi connectivity index (χ0n) is 18.6. The lowest BCUT2D eigenvalue weighted by molar-refractivity contribution is 0.285. The summed E-state index contributed by atoms with van der Waals surface area (Å²) in [6, 6.07) is 17.8. The Morgan fingerprint density at radius 3 is 2.70 bits per heavy atom. The molecule has 0 saturated carbocycles. The minimum absolute atomic E-state index is 0.141. The molecule has 4 aromatic rings. The van der Waals surface area contributed by atoms with Crippen LogP contribution in [0.5, 0.6) is 5.75 Å². The van der Waals surface area contributed by atoms with E-state index < -0.39 is 0 Å². The summed E-state index contributed by atoms with van der Waals surface area (Å²) in [6.45, 7) is 3.96. The van der Waals surface area contributed by atoms with Gasteiger partial charge >= 0.3 is 0 Å². The van der Waals surface area contributed by atoms with Crippen LogP contribution in [0.15, 0.2) is 59.1 Å². The predicted molar refractivity (Wildman–Crippen MR) is 135 cm³/mol. The number of aliphatic hydroxyl groups excluding tert-OH is 1. The number of nitrogens with two attached hydrogens (primary N) is 1. The van der Waals surface area contributed by atoms with Gasteiger partial charge in [-0.1, -0.05) is 28.1 Å². The fourth-order valence-electron chi connectivity index (χ4n) is 3.93. The number of rotatable bonds is 9. The van der Waals surface area contributed by atoms with Crippen LogP contribution in [0.3, 0.4) is 0 Å². The Labute approximate surface area is 201 Å². The van der Waals surface area contributed by atoms with Gasteiger partial charge in [0.05, 0.1) is 17.6 Å². The monoisotopic (exact) mass is 509 g/mol. The predicted octanol–water partition coefficient (Wildman–Crippen LogP) is 4.62. The van der Waals surface area contributed by atoms with Gasteiger partial charge in [-0.05, 0) is 67.8 Å². The van der Waals surface area contributed by atoms with E-state index in [-0.39, 0.29) is 12.4 Å². The zero-order valence-corrected chi connectivity index (χ0v) is 20.2. The van der Waals surface area contributed by atoms with Crippen LogP contribution in [0, 0.1) is 6.92 Å². The maximum Gasteiger partial charge on any atom is 0.201 e. The van der Waals surface area contributed by atoms with Crippen LogP contribution in [-0.2, 0) is 13.1 Å². The van der Waals surface area contributed by atoms with E-state index in [0.717, 1.165) is 51.8 Å². The minimum Gasteiger partial charge on any atom is -0.506 e. The summed E-state index contributed by atoms with van der Waals surface area (Å²) in [5.74, 6) is 0.527. The number of fused-ring (bicyclic) bond motifs is 1. The smallest absolute Gasteiger partial charge is 0.201 e. The molecular formula is C25H28BrN5O2. The first-order valence-corrected chi connectivity index (χ1v) is 11.8. The number of hydrogen-bond donors (Lipinski definition) is 3. The third-order valence-corrected chi connectivity index (χ3v) is 6.12. The van der Waals surface area contributed by atoms with Gasteiger partial charge in [0.2, 0.25) is 5.95 Å². The fraction of sp³-hybridized carbons (Fsp3) is 0.280. The standard InChI is InChI=1S/C25H28BrN5O2/c1-17-7-10-24(33)22(28-17)16-31-23-13-18(8-9-21(23)29-25(31)27)15-30(11-2-3-12-32)20-6-4-5-19(26)14-20/h4-10,13-14,32-33H,2-3,11-12,15-16H2,1H3,(H2,27,29). The summed E-state index contributed by atoms with van der Waals surface area (Å²) in [5, 5.41) is 19.5. The number of nitrogens with zero attached hydrogens (tertiary/aromatic N) is 4. The van der Waals surface area contributed by atoms with E-state index in [0.29, 0.717) is 24.7 Å². The number of aromatic hydroxyl groups is 1. The van der Waals surface area contributed by atoms with Crippen LogP contribution in [0.4, 0.5) is 11.6 Å². The molecule has 0 atom stereocenters. The highest BCUT2D eigenvalue weighted by Gasteiger charge is 2.14. The molecule has 4 rings (SSSR count). The van der Waals surface area contributed by atoms with Gasteiger partial charge in [0.25, 0.3) is 0 Å². The summed E-state index contributed by atoms with van der Waals surface area (Å²) in [4.78, 5) is 11.3. The van der Waals surface area contributed by atoms with Gasteiger partial charge in [-0.2, -0.15) is 0 Å². The van der Waals surface area contributed by atoms with Crippen molar-refractivity contribution >= 4 is 38.6 Å². The molecule has 0 aliphatic heterocycles. The quantitative estimate of drug-likeness (QED) is 0.284. The molecule has 4 N–H and O–H groups in total. The highest BCUT2D eigenvalue weighted by Crippen LogP contribution is 2.26. The molecule has 33 heavy (non-hydrogen) atoms. The Bertz CT molecular complexity index is 1260. The van der Waals surface area contributed by atoms with Gasteiger partial charge in [-0.15, -0.1) is 0 Å². The molecule has 8 heteroatoms. The molecule has 2 aromatic heterocycles. The van der Waals surface area contributed by atoms with Crippen LogP contribution in [0.25, 0.3) is 11.0 Å². The van der Waals surface area contributed by atoms with Gasteiger partial charge < -0.3 is 25.4 Å². The maximum absolute atomic E-state index is 10.3. The highest BCUT2D eigenvalue weighted by atomic mass is 79.9. The second-order valence-electron chi connectivity index (χ2n) is 8.13. The van der Waals surface area contributed by atoms with Crippen molar-refractivity contribution < 1.29 is 10.2 Å². The average molecular weight is 510 g/mol. The summed E-state index contributed by atoms with van der Waals surface area (Å²) < 4.78 is 2.91. The number of aryl methyl sites for hydroxylation is 1. The van der Waals surface area contributed by atoms with E-state index in [1.54, 1.807) is 12.1 Å². The van der Waals surface area contributed by atoms with E-state index in [4.69, 9.17) is 5.73 Å². The number of aliphatic hydroxyl groups is 1. The number of anilines is 2. The van der Waals surface area contributed by atoms with Gasteiger partial charge in [-0.3, -0.25) is 4.98 Å². The van der Waals surface area contributed by atoms with Crippen LogP contribution in [-0.4, -0.2) is 37.9 Å². The van der Waals surface area contributed by atoms with Crippen LogP contribution >= 0.6 is 15.9 Å². The molecule has 2 aromatic carbocycles. The lowest BCUT2D eigenvalue weighted by Gasteiger charge is -2.25. The summed E-state index contributed by atoms with van der Waals surface area (Å²) in [5.41, 5.74) is 11.6. The summed E-state index contributed by atoms with van der Waals surface area (Å²) in [7, 11) is 0. The van der Waals surface area contributed by atoms with Crippen molar-refractivity contribution in [1.29, 1.82) is 0 Å². The SMILES string of the molecule is Cc1ccc(O)c(Cn2c(N)nc3ccc(CN(CCCCO)c4cccc(Br)c4)cc32)n1. The van der Waals surface area contributed by atoms with Crippen LogP contribution in [0.1, 0.15) is 29.8 Å². The first-order chi connectivity index (χ1) is 15.9. The normalized spacial score (nSPS) is 11.2. The van der Waals surface area contributed by atoms with E-state index in [1.165, 1.54) is 0 Å². The Balaban J connectivity index is 1.65. The molecule has 0 amide bonds. The topological polar surface area (TPSA) is 100 Å². The number of nitrogen functional groups attached to an aromatic ring is 1. The van der Waals surface area contributed by atoms with Crippen LogP contribution in [0.2, 0.25) is 0 Å². The number of unbranched alkanes of at least 4 members (excludes halogenated alkanes) is 1. The van der Waals surface area contributed by atoms with Gasteiger partial charge in [0, 0.05) is 35.6 Å². The second kappa shape index (κ2) is 10.2. The lowest BCUT2D eigenvalue weighted by Crippen LogP contribution is -2.24. The Morgan fingerprint density at radius 2 is 1.91 bits per heavy atom. The third kappa shape index (κ3) is 5.46. The minimum atomic E-state index is 0.141. The van der Waals surface area contributed by atoms with Crippen molar-refractivity contribution in [3.8, 4) is 5.75 Å². The molecule has 0 bridgehead atoms. The Morgan fingerprint density at radius 1 is 1.06 bits per heavy atom. The number of benzene rings is 2. The zero-order chi connectivity index (χ0) is 23.4. The number of aromatic nitrogens is 3. The molecule has 0 fully saturated rings. The molecule has 0 aliphatic carbocycles. The summed E-state index contributed by atoms with van der Waals surface area (Å²) in [6.07, 6.45) is 1.66. The van der Waals surface area contributed by atoms with Crippen molar-refractivity contribution in [3.05, 3.63) is 76.0 Å². The third-order valence-electron chi connectivity index (χ3n) is 5.62. The van der Waals surface area contributed by atoms with E-state index in [2.05, 4.69) is 55.1 Å². The maximum atomic E-state index is 10.3. The lowest BCUT2D eigenvalue weighted by atomic mass is 10.1. The van der Waals surface area contributed by atoms with E-state index in [1.807, 2.05) is 29.7 Å². The van der Waals surface area contributed by atoms with Crippen molar-refractivity contribution in [3.63, 3.8) is 0 Å². The molecule has 172 valence electrons.